The maximum atomic E-state index is 13.7. The van der Waals surface area contributed by atoms with Gasteiger partial charge < -0.3 is 48.3 Å². The molecule has 5 amide bonds. The lowest BCUT2D eigenvalue weighted by molar-refractivity contribution is -0.134. The summed E-state index contributed by atoms with van der Waals surface area (Å²) < 4.78 is 0. The zero-order valence-electron chi connectivity index (χ0n) is 24.7. The van der Waals surface area contributed by atoms with Crippen LogP contribution in [0.25, 0.3) is 0 Å². The number of benzene rings is 2. The first-order valence-electron chi connectivity index (χ1n) is 14.0. The lowest BCUT2D eigenvalue weighted by Gasteiger charge is -2.26. The molecule has 12 N–H and O–H groups in total. The van der Waals surface area contributed by atoms with E-state index in [-0.39, 0.29) is 49.0 Å². The molecule has 0 radical (unpaired) electrons. The highest BCUT2D eigenvalue weighted by molar-refractivity contribution is 7.80. The van der Waals surface area contributed by atoms with Gasteiger partial charge in [-0.15, -0.1) is 0 Å². The third-order valence-electron chi connectivity index (χ3n) is 6.54. The number of guanidine groups is 1. The van der Waals surface area contributed by atoms with Crippen molar-refractivity contribution in [2.75, 3.05) is 12.3 Å². The van der Waals surface area contributed by atoms with Gasteiger partial charge in [-0.1, -0.05) is 24.3 Å². The number of phenolic OH excluding ortho intramolecular Hbond substituents is 2. The molecule has 0 fully saturated rings. The molecule has 4 atom stereocenters. The summed E-state index contributed by atoms with van der Waals surface area (Å²) in [6.45, 7) is 1.49. The molecule has 0 aromatic heterocycles. The Morgan fingerprint density at radius 1 is 0.733 bits per heavy atom. The lowest BCUT2D eigenvalue weighted by Crippen LogP contribution is -2.59. The van der Waals surface area contributed by atoms with E-state index in [0.29, 0.717) is 17.5 Å². The van der Waals surface area contributed by atoms with Crippen molar-refractivity contribution in [1.29, 1.82) is 5.41 Å². The van der Waals surface area contributed by atoms with Crippen LogP contribution < -0.4 is 38.1 Å². The molecule has 0 bridgehead atoms. The first-order chi connectivity index (χ1) is 21.3. The number of carbonyl (C=O) groups excluding carboxylic acids is 5. The van der Waals surface area contributed by atoms with Crippen LogP contribution >= 0.6 is 12.6 Å². The Kier molecular flexibility index (Phi) is 14.5. The predicted octanol–water partition coefficient (Wildman–Crippen LogP) is -1.48. The zero-order valence-corrected chi connectivity index (χ0v) is 25.6. The van der Waals surface area contributed by atoms with Crippen molar-refractivity contribution in [3.05, 3.63) is 59.7 Å². The molecular weight excluding hydrogens is 604 g/mol. The molecule has 0 saturated heterocycles. The van der Waals surface area contributed by atoms with Gasteiger partial charge >= 0.3 is 0 Å². The smallest absolute Gasteiger partial charge is 0.244 e. The summed E-state index contributed by atoms with van der Waals surface area (Å²) >= 11 is 4.11. The average molecular weight is 645 g/mol. The lowest BCUT2D eigenvalue weighted by atomic mass is 10.0. The summed E-state index contributed by atoms with van der Waals surface area (Å²) in [6, 6.07) is 7.23. The topological polar surface area (TPSA) is 262 Å². The van der Waals surface area contributed by atoms with E-state index < -0.39 is 53.7 Å². The molecule has 244 valence electrons. The van der Waals surface area contributed by atoms with E-state index >= 15 is 0 Å². The number of rotatable bonds is 17. The number of hydrogen-bond donors (Lipinski definition) is 11. The number of thiol groups is 1. The molecule has 0 aliphatic rings. The van der Waals surface area contributed by atoms with E-state index in [1.807, 2.05) is 0 Å². The monoisotopic (exact) mass is 644 g/mol. The first-order valence-corrected chi connectivity index (χ1v) is 14.6. The Labute approximate surface area is 265 Å². The summed E-state index contributed by atoms with van der Waals surface area (Å²) in [5.41, 5.74) is 11.9. The summed E-state index contributed by atoms with van der Waals surface area (Å²) in [5, 5.41) is 39.4. The highest BCUT2D eigenvalue weighted by atomic mass is 32.1. The van der Waals surface area contributed by atoms with Gasteiger partial charge in [0.15, 0.2) is 5.96 Å². The van der Waals surface area contributed by atoms with Crippen molar-refractivity contribution in [1.82, 2.24) is 26.6 Å². The third-order valence-corrected chi connectivity index (χ3v) is 6.90. The normalized spacial score (nSPS) is 13.3. The molecule has 0 spiro atoms. The first kappa shape index (κ1) is 36.2. The largest absolute Gasteiger partial charge is 0.508 e. The van der Waals surface area contributed by atoms with Gasteiger partial charge in [0.25, 0.3) is 0 Å². The molecule has 15 nitrogen and oxygen atoms in total. The van der Waals surface area contributed by atoms with Crippen LogP contribution in [0.3, 0.4) is 0 Å². The fourth-order valence-electron chi connectivity index (χ4n) is 4.23. The minimum Gasteiger partial charge on any atom is -0.508 e. The van der Waals surface area contributed by atoms with Gasteiger partial charge in [-0.3, -0.25) is 29.4 Å². The van der Waals surface area contributed by atoms with Crippen molar-refractivity contribution >= 4 is 48.1 Å². The van der Waals surface area contributed by atoms with Gasteiger partial charge in [-0.25, -0.2) is 0 Å². The highest BCUT2D eigenvalue weighted by Gasteiger charge is 2.31. The van der Waals surface area contributed by atoms with Gasteiger partial charge in [0.1, 0.15) is 35.7 Å². The van der Waals surface area contributed by atoms with Crippen molar-refractivity contribution in [2.45, 2.75) is 56.8 Å². The van der Waals surface area contributed by atoms with Crippen molar-refractivity contribution < 1.29 is 34.2 Å². The zero-order chi connectivity index (χ0) is 33.5. The van der Waals surface area contributed by atoms with Crippen LogP contribution in [0, 0.1) is 5.41 Å². The number of nitrogens with one attached hydrogen (secondary N) is 6. The van der Waals surface area contributed by atoms with E-state index in [1.54, 1.807) is 24.3 Å². The summed E-state index contributed by atoms with van der Waals surface area (Å²) in [7, 11) is 0. The number of primary amides is 1. The van der Waals surface area contributed by atoms with Gasteiger partial charge in [0.05, 0.1) is 0 Å². The van der Waals surface area contributed by atoms with Crippen LogP contribution in [0.4, 0.5) is 0 Å². The Morgan fingerprint density at radius 3 is 1.53 bits per heavy atom. The predicted molar refractivity (Wildman–Crippen MR) is 169 cm³/mol. The minimum atomic E-state index is -1.26. The Balaban J connectivity index is 2.33. The second-order valence-electron chi connectivity index (χ2n) is 10.2. The number of carbonyl (C=O) groups is 5. The number of aromatic hydroxyl groups is 2. The minimum absolute atomic E-state index is 0.00343. The molecular formula is C29H40N8O7S. The molecule has 0 heterocycles. The molecule has 0 aliphatic carbocycles. The summed E-state index contributed by atoms with van der Waals surface area (Å²) in [4.78, 5) is 63.9. The van der Waals surface area contributed by atoms with E-state index in [1.165, 1.54) is 31.2 Å². The molecule has 16 heteroatoms. The van der Waals surface area contributed by atoms with Crippen LogP contribution in [0.1, 0.15) is 30.9 Å². The van der Waals surface area contributed by atoms with Gasteiger partial charge in [-0.2, -0.15) is 12.6 Å². The molecule has 0 unspecified atom stereocenters. The molecule has 0 saturated carbocycles. The van der Waals surface area contributed by atoms with E-state index in [4.69, 9.17) is 16.9 Å². The van der Waals surface area contributed by atoms with Gasteiger partial charge in [0, 0.05) is 32.1 Å². The number of phenols is 2. The number of amides is 5. The Bertz CT molecular complexity index is 1340. The van der Waals surface area contributed by atoms with E-state index in [2.05, 4.69) is 39.2 Å². The third kappa shape index (κ3) is 13.0. The highest BCUT2D eigenvalue weighted by Crippen LogP contribution is 2.14. The quantitative estimate of drug-likeness (QED) is 0.0415. The van der Waals surface area contributed by atoms with Crippen LogP contribution in [0.15, 0.2) is 48.5 Å². The second-order valence-corrected chi connectivity index (χ2v) is 10.6. The van der Waals surface area contributed by atoms with Crippen LogP contribution in [-0.2, 0) is 36.8 Å². The maximum absolute atomic E-state index is 13.7. The van der Waals surface area contributed by atoms with Crippen molar-refractivity contribution in [3.63, 3.8) is 0 Å². The SMILES string of the molecule is CC(=O)N[C@@H](CS)C(=O)N[C@@H](Cc1ccc(O)cc1)C(=O)N[C@@H](Cc1ccc(O)cc1)C(=O)N[C@@H](CCCNC(=N)N)C(N)=O. The Hall–Kier alpha value is -4.99. The maximum Gasteiger partial charge on any atom is 0.244 e. The molecule has 0 aliphatic heterocycles. The molecule has 2 aromatic rings. The van der Waals surface area contributed by atoms with E-state index in [9.17, 15) is 34.2 Å². The fraction of sp³-hybridized carbons (Fsp3) is 0.379. The fourth-order valence-corrected chi connectivity index (χ4v) is 4.48. The molecule has 2 rings (SSSR count). The standard InChI is InChI=1S/C29H40N8O7S/c1-16(38)34-24(15-45)28(44)37-23(14-18-6-10-20(40)11-7-18)27(43)36-22(13-17-4-8-19(39)9-5-17)26(42)35-21(25(30)41)3-2-12-33-29(31)32/h4-11,21-24,39-40,45H,2-3,12-15H2,1H3,(H2,30,41)(H,34,38)(H,35,42)(H,36,43)(H,37,44)(H4,31,32,33)/t21-,22-,23-,24-/m0/s1. The van der Waals surface area contributed by atoms with Gasteiger partial charge in [0.2, 0.25) is 29.5 Å². The molecule has 2 aromatic carbocycles. The van der Waals surface area contributed by atoms with Crippen LogP contribution in [0.2, 0.25) is 0 Å². The molecule has 45 heavy (non-hydrogen) atoms. The van der Waals surface area contributed by atoms with Crippen LogP contribution in [-0.4, -0.2) is 82.2 Å². The Morgan fingerprint density at radius 2 is 1.16 bits per heavy atom. The summed E-state index contributed by atoms with van der Waals surface area (Å²) in [5.74, 6) is -3.78. The van der Waals surface area contributed by atoms with Crippen LogP contribution in [0.5, 0.6) is 11.5 Å². The summed E-state index contributed by atoms with van der Waals surface area (Å²) in [6.07, 6.45) is 0.358. The average Bonchev–Trinajstić information content (AvgIpc) is 2.98. The van der Waals surface area contributed by atoms with Crippen molar-refractivity contribution in [2.24, 2.45) is 11.5 Å². The second kappa shape index (κ2) is 18.0. The van der Waals surface area contributed by atoms with Crippen molar-refractivity contribution in [3.8, 4) is 11.5 Å². The number of nitrogens with two attached hydrogens (primary N) is 2. The van der Waals surface area contributed by atoms with Gasteiger partial charge in [-0.05, 0) is 48.2 Å². The van der Waals surface area contributed by atoms with E-state index in [0.717, 1.165) is 0 Å². The number of hydrogen-bond acceptors (Lipinski definition) is 9.